The van der Waals surface area contributed by atoms with Crippen LogP contribution in [0, 0.1) is 20.2 Å². The number of nitro groups is 2. The van der Waals surface area contributed by atoms with Gasteiger partial charge in [-0.05, 0) is 12.8 Å². The molecule has 1 aliphatic carbocycles. The van der Waals surface area contributed by atoms with E-state index in [1.54, 1.807) is 36.4 Å². The first-order valence-electron chi connectivity index (χ1n) is 9.47. The van der Waals surface area contributed by atoms with Gasteiger partial charge in [0, 0.05) is 48.4 Å². The zero-order chi connectivity index (χ0) is 19.9. The zero-order valence-electron chi connectivity index (χ0n) is 15.5. The number of hydrogen-bond acceptors (Lipinski definition) is 6. The molecule has 0 saturated heterocycles. The Bertz CT molecular complexity index is 773. The number of nitrogens with one attached hydrogen (secondary N) is 2. The summed E-state index contributed by atoms with van der Waals surface area (Å²) in [5, 5.41) is 29.3. The Labute approximate surface area is 163 Å². The monoisotopic (exact) mass is 384 g/mol. The predicted molar refractivity (Wildman–Crippen MR) is 106 cm³/mol. The molecule has 3 rings (SSSR count). The maximum absolute atomic E-state index is 11.2. The lowest BCUT2D eigenvalue weighted by atomic mass is 9.90. The lowest BCUT2D eigenvalue weighted by Crippen LogP contribution is -2.49. The normalized spacial score (nSPS) is 19.3. The summed E-state index contributed by atoms with van der Waals surface area (Å²) in [6.07, 6.45) is 4.13. The van der Waals surface area contributed by atoms with E-state index in [1.807, 2.05) is 0 Å². The van der Waals surface area contributed by atoms with Crippen molar-refractivity contribution < 1.29 is 9.85 Å². The molecule has 0 spiro atoms. The van der Waals surface area contributed by atoms with Crippen molar-refractivity contribution in [2.75, 3.05) is 0 Å². The largest absolute Gasteiger partial charge is 0.308 e. The summed E-state index contributed by atoms with van der Waals surface area (Å²) >= 11 is 0. The Balaban J connectivity index is 1.63. The highest BCUT2D eigenvalue weighted by atomic mass is 16.6. The minimum Gasteiger partial charge on any atom is -0.308 e. The van der Waals surface area contributed by atoms with Crippen molar-refractivity contribution in [2.45, 2.75) is 50.9 Å². The minimum absolute atomic E-state index is 0.121. The van der Waals surface area contributed by atoms with Crippen LogP contribution in [0.3, 0.4) is 0 Å². The molecule has 2 aromatic rings. The Hall–Kier alpha value is -2.84. The first-order valence-corrected chi connectivity index (χ1v) is 9.47. The molecule has 0 aliphatic heterocycles. The van der Waals surface area contributed by atoms with E-state index < -0.39 is 0 Å². The summed E-state index contributed by atoms with van der Waals surface area (Å²) in [6, 6.07) is 13.8. The van der Waals surface area contributed by atoms with Crippen molar-refractivity contribution in [2.24, 2.45) is 0 Å². The number of benzene rings is 2. The van der Waals surface area contributed by atoms with Crippen LogP contribution in [0.2, 0.25) is 0 Å². The van der Waals surface area contributed by atoms with Crippen molar-refractivity contribution >= 4 is 11.4 Å². The molecule has 148 valence electrons. The van der Waals surface area contributed by atoms with Gasteiger partial charge in [-0.2, -0.15) is 0 Å². The Kier molecular flexibility index (Phi) is 6.67. The van der Waals surface area contributed by atoms with Crippen LogP contribution in [0.4, 0.5) is 11.4 Å². The Morgan fingerprint density at radius 2 is 1.14 bits per heavy atom. The van der Waals surface area contributed by atoms with E-state index >= 15 is 0 Å². The van der Waals surface area contributed by atoms with Crippen molar-refractivity contribution in [1.29, 1.82) is 0 Å². The fourth-order valence-corrected chi connectivity index (χ4v) is 3.78. The topological polar surface area (TPSA) is 110 Å². The molecular weight excluding hydrogens is 360 g/mol. The smallest absolute Gasteiger partial charge is 0.273 e. The van der Waals surface area contributed by atoms with Crippen LogP contribution in [0.15, 0.2) is 48.5 Å². The summed E-state index contributed by atoms with van der Waals surface area (Å²) in [5.41, 5.74) is 1.57. The first kappa shape index (κ1) is 19.9. The summed E-state index contributed by atoms with van der Waals surface area (Å²) in [6.45, 7) is 0.844. The van der Waals surface area contributed by atoms with Gasteiger partial charge in [0.1, 0.15) is 0 Å². The van der Waals surface area contributed by atoms with Gasteiger partial charge in [-0.15, -0.1) is 0 Å². The van der Waals surface area contributed by atoms with Crippen molar-refractivity contribution in [3.05, 3.63) is 79.9 Å². The van der Waals surface area contributed by atoms with Gasteiger partial charge in [0.05, 0.1) is 9.85 Å². The van der Waals surface area contributed by atoms with Gasteiger partial charge in [0.15, 0.2) is 0 Å². The molecule has 8 heteroatoms. The molecule has 1 saturated carbocycles. The van der Waals surface area contributed by atoms with Crippen LogP contribution in [-0.2, 0) is 13.1 Å². The molecule has 0 bridgehead atoms. The molecule has 0 unspecified atom stereocenters. The highest BCUT2D eigenvalue weighted by Gasteiger charge is 2.26. The Morgan fingerprint density at radius 3 is 1.54 bits per heavy atom. The molecule has 1 fully saturated rings. The van der Waals surface area contributed by atoms with Crippen molar-refractivity contribution in [3.8, 4) is 0 Å². The van der Waals surface area contributed by atoms with E-state index in [0.717, 1.165) is 25.7 Å². The molecule has 0 radical (unpaired) electrons. The molecule has 1 aliphatic rings. The zero-order valence-corrected chi connectivity index (χ0v) is 15.5. The van der Waals surface area contributed by atoms with E-state index in [2.05, 4.69) is 10.6 Å². The highest BCUT2D eigenvalue weighted by molar-refractivity contribution is 5.40. The van der Waals surface area contributed by atoms with Gasteiger partial charge < -0.3 is 10.6 Å². The summed E-state index contributed by atoms with van der Waals surface area (Å²) in [7, 11) is 0. The van der Waals surface area contributed by atoms with Crippen LogP contribution in [0.25, 0.3) is 0 Å². The van der Waals surface area contributed by atoms with Crippen LogP contribution in [0.5, 0.6) is 0 Å². The lowest BCUT2D eigenvalue weighted by molar-refractivity contribution is -0.385. The fraction of sp³-hybridized carbons (Fsp3) is 0.400. The fourth-order valence-electron chi connectivity index (χ4n) is 3.78. The van der Waals surface area contributed by atoms with Crippen molar-refractivity contribution in [1.82, 2.24) is 10.6 Å². The SMILES string of the molecule is O=[N+]([O-])c1ccccc1CN[C@@H]1CCCC[C@H]1NCc1ccccc1[N+](=O)[O-]. The molecule has 2 aromatic carbocycles. The van der Waals surface area contributed by atoms with E-state index in [9.17, 15) is 20.2 Å². The molecular formula is C20H24N4O4. The number of nitro benzene ring substituents is 2. The third kappa shape index (κ3) is 4.90. The molecule has 8 nitrogen and oxygen atoms in total. The molecule has 2 atom stereocenters. The van der Waals surface area contributed by atoms with Gasteiger partial charge >= 0.3 is 0 Å². The first-order chi connectivity index (χ1) is 13.6. The maximum atomic E-state index is 11.2. The van der Waals surface area contributed by atoms with Gasteiger partial charge in [0.25, 0.3) is 11.4 Å². The molecule has 0 aromatic heterocycles. The average molecular weight is 384 g/mol. The summed E-state index contributed by atoms with van der Waals surface area (Å²) in [5.74, 6) is 0. The molecule has 2 N–H and O–H groups in total. The molecule has 28 heavy (non-hydrogen) atoms. The van der Waals surface area contributed by atoms with Crippen LogP contribution in [-0.4, -0.2) is 21.9 Å². The van der Waals surface area contributed by atoms with Gasteiger partial charge in [-0.25, -0.2) is 0 Å². The number of nitrogens with zero attached hydrogens (tertiary/aromatic N) is 2. The van der Waals surface area contributed by atoms with Gasteiger partial charge in [-0.1, -0.05) is 49.2 Å². The third-order valence-corrected chi connectivity index (χ3v) is 5.25. The van der Waals surface area contributed by atoms with E-state index in [4.69, 9.17) is 0 Å². The highest BCUT2D eigenvalue weighted by Crippen LogP contribution is 2.23. The lowest BCUT2D eigenvalue weighted by Gasteiger charge is -2.33. The van der Waals surface area contributed by atoms with Crippen LogP contribution >= 0.6 is 0 Å². The van der Waals surface area contributed by atoms with Gasteiger partial charge in [-0.3, -0.25) is 20.2 Å². The molecule has 0 amide bonds. The molecule has 0 heterocycles. The van der Waals surface area contributed by atoms with E-state index in [-0.39, 0.29) is 33.3 Å². The second-order valence-electron chi connectivity index (χ2n) is 7.03. The summed E-state index contributed by atoms with van der Waals surface area (Å²) in [4.78, 5) is 21.7. The summed E-state index contributed by atoms with van der Waals surface area (Å²) < 4.78 is 0. The predicted octanol–water partition coefficient (Wildman–Crippen LogP) is 3.69. The standard InChI is InChI=1S/C20H24N4O4/c25-23(26)19-11-5-1-7-15(19)13-21-17-9-3-4-10-18(17)22-14-16-8-2-6-12-20(16)24(27)28/h1-2,5-8,11-12,17-18,21-22H,3-4,9-10,13-14H2/t17-,18-/m1/s1. The van der Waals surface area contributed by atoms with Crippen LogP contribution in [0.1, 0.15) is 36.8 Å². The second kappa shape index (κ2) is 9.38. The van der Waals surface area contributed by atoms with Crippen molar-refractivity contribution in [3.63, 3.8) is 0 Å². The van der Waals surface area contributed by atoms with Crippen LogP contribution < -0.4 is 10.6 Å². The minimum atomic E-state index is -0.359. The number of hydrogen-bond donors (Lipinski definition) is 2. The average Bonchev–Trinajstić information content (AvgIpc) is 2.71. The quantitative estimate of drug-likeness (QED) is 0.530. The Morgan fingerprint density at radius 1 is 0.750 bits per heavy atom. The second-order valence-corrected chi connectivity index (χ2v) is 7.03. The third-order valence-electron chi connectivity index (χ3n) is 5.25. The number of rotatable bonds is 8. The van der Waals surface area contributed by atoms with E-state index in [1.165, 1.54) is 12.1 Å². The van der Waals surface area contributed by atoms with Gasteiger partial charge in [0.2, 0.25) is 0 Å². The number of para-hydroxylation sites is 2. The maximum Gasteiger partial charge on any atom is 0.273 e. The van der Waals surface area contributed by atoms with E-state index in [0.29, 0.717) is 24.2 Å².